The lowest BCUT2D eigenvalue weighted by Crippen LogP contribution is -2.44. The third kappa shape index (κ3) is 4.71. The summed E-state index contributed by atoms with van der Waals surface area (Å²) >= 11 is 0. The van der Waals surface area contributed by atoms with Crippen LogP contribution in [0.25, 0.3) is 23.0 Å². The van der Waals surface area contributed by atoms with Gasteiger partial charge in [0.25, 0.3) is 11.8 Å². The molecule has 2 amide bonds. The van der Waals surface area contributed by atoms with Gasteiger partial charge < -0.3 is 0 Å². The fourth-order valence-corrected chi connectivity index (χ4v) is 4.89. The molecular formula is C33H28N4O2. The smallest absolute Gasteiger partial charge is 0.269 e. The summed E-state index contributed by atoms with van der Waals surface area (Å²) < 4.78 is 1.79. The summed E-state index contributed by atoms with van der Waals surface area (Å²) in [6.07, 6.45) is 3.64. The minimum Gasteiger partial charge on any atom is -0.269 e. The maximum atomic E-state index is 13.9. The molecule has 39 heavy (non-hydrogen) atoms. The van der Waals surface area contributed by atoms with E-state index in [2.05, 4.69) is 18.2 Å². The van der Waals surface area contributed by atoms with Gasteiger partial charge in [0, 0.05) is 22.9 Å². The van der Waals surface area contributed by atoms with Crippen LogP contribution in [0.4, 0.5) is 0 Å². The predicted molar refractivity (Wildman–Crippen MR) is 151 cm³/mol. The number of nitriles is 1. The maximum absolute atomic E-state index is 13.9. The zero-order chi connectivity index (χ0) is 27.7. The largest absolute Gasteiger partial charge is 0.272 e. The van der Waals surface area contributed by atoms with E-state index in [0.717, 1.165) is 27.9 Å². The zero-order valence-corrected chi connectivity index (χ0v) is 22.3. The molecule has 1 aromatic heterocycles. The first-order valence-corrected chi connectivity index (χ1v) is 12.8. The Bertz CT molecular complexity index is 1690. The average molecular weight is 513 g/mol. The van der Waals surface area contributed by atoms with Crippen molar-refractivity contribution in [2.75, 3.05) is 0 Å². The number of benzene rings is 3. The molecule has 2 heterocycles. The van der Waals surface area contributed by atoms with Gasteiger partial charge in [-0.1, -0.05) is 66.2 Å². The van der Waals surface area contributed by atoms with E-state index >= 15 is 0 Å². The lowest BCUT2D eigenvalue weighted by atomic mass is 9.91. The van der Waals surface area contributed by atoms with Crippen LogP contribution in [0.1, 0.15) is 42.1 Å². The number of hydrogen-bond acceptors (Lipinski definition) is 4. The SMILES string of the molecule is CC1=C(C#N)C(=O)N(C(C)c2ccccc2)C(=O)/C1=C/c1cn(-c2ccccc2)nc1-c1cc(C)ccc1C. The molecule has 0 bridgehead atoms. The standard InChI is InChI=1S/C33H28N4O2/c1-21-15-16-22(2)28(17-21)31-26(20-36(35-31)27-13-9-6-10-14-27)18-29-23(3)30(19-34)33(39)37(32(29)38)24(4)25-11-7-5-8-12-25/h5-18,20,24H,1-4H3/b29-18+. The van der Waals surface area contributed by atoms with Gasteiger partial charge in [-0.2, -0.15) is 10.4 Å². The highest BCUT2D eigenvalue weighted by molar-refractivity contribution is 6.20. The molecule has 0 fully saturated rings. The molecule has 5 rings (SSSR count). The summed E-state index contributed by atoms with van der Waals surface area (Å²) in [4.78, 5) is 28.5. The quantitative estimate of drug-likeness (QED) is 0.226. The molecule has 0 saturated heterocycles. The topological polar surface area (TPSA) is 79.0 Å². The van der Waals surface area contributed by atoms with Crippen molar-refractivity contribution in [2.45, 2.75) is 33.7 Å². The molecule has 3 aromatic carbocycles. The lowest BCUT2D eigenvalue weighted by molar-refractivity contribution is -0.143. The number of hydrogen-bond donors (Lipinski definition) is 0. The summed E-state index contributed by atoms with van der Waals surface area (Å²) in [5, 5.41) is 14.8. The van der Waals surface area contributed by atoms with Crippen molar-refractivity contribution in [3.05, 3.63) is 124 Å². The van der Waals surface area contributed by atoms with E-state index in [4.69, 9.17) is 5.10 Å². The number of carbonyl (C=O) groups is 2. The van der Waals surface area contributed by atoms with Crippen molar-refractivity contribution >= 4 is 17.9 Å². The van der Waals surface area contributed by atoms with Gasteiger partial charge in [-0.25, -0.2) is 4.68 Å². The second kappa shape index (κ2) is 10.4. The van der Waals surface area contributed by atoms with Crippen molar-refractivity contribution in [1.29, 1.82) is 5.26 Å². The number of rotatable bonds is 5. The van der Waals surface area contributed by atoms with Crippen molar-refractivity contribution in [3.63, 3.8) is 0 Å². The molecule has 1 unspecified atom stereocenters. The van der Waals surface area contributed by atoms with Crippen LogP contribution < -0.4 is 0 Å². The summed E-state index contributed by atoms with van der Waals surface area (Å²) in [5.74, 6) is -1.02. The fraction of sp³-hybridized carbons (Fsp3) is 0.152. The van der Waals surface area contributed by atoms with E-state index in [0.29, 0.717) is 22.4 Å². The third-order valence-corrected chi connectivity index (χ3v) is 7.15. The van der Waals surface area contributed by atoms with Gasteiger partial charge in [-0.3, -0.25) is 14.5 Å². The molecule has 6 heteroatoms. The molecule has 1 atom stereocenters. The Kier molecular flexibility index (Phi) is 6.83. The molecule has 6 nitrogen and oxygen atoms in total. The van der Waals surface area contributed by atoms with Gasteiger partial charge in [0.15, 0.2) is 0 Å². The highest BCUT2D eigenvalue weighted by Gasteiger charge is 2.39. The van der Waals surface area contributed by atoms with E-state index in [1.165, 1.54) is 4.90 Å². The van der Waals surface area contributed by atoms with Crippen LogP contribution in [0.3, 0.4) is 0 Å². The second-order valence-corrected chi connectivity index (χ2v) is 9.77. The molecule has 0 spiro atoms. The average Bonchev–Trinajstić information content (AvgIpc) is 3.37. The van der Waals surface area contributed by atoms with Crippen LogP contribution in [0.15, 0.2) is 102 Å². The number of para-hydroxylation sites is 1. The number of aryl methyl sites for hydroxylation is 2. The number of nitrogens with zero attached hydrogens (tertiary/aromatic N) is 4. The van der Waals surface area contributed by atoms with Gasteiger partial charge in [0.2, 0.25) is 0 Å². The Morgan fingerprint density at radius 2 is 1.56 bits per heavy atom. The molecule has 4 aromatic rings. The normalized spacial score (nSPS) is 15.6. The number of amides is 2. The minimum atomic E-state index is -0.580. The highest BCUT2D eigenvalue weighted by atomic mass is 16.2. The first-order chi connectivity index (χ1) is 18.8. The second-order valence-electron chi connectivity index (χ2n) is 9.77. The monoisotopic (exact) mass is 512 g/mol. The van der Waals surface area contributed by atoms with E-state index in [9.17, 15) is 14.9 Å². The molecule has 1 aliphatic heterocycles. The van der Waals surface area contributed by atoms with Gasteiger partial charge in [-0.05, 0) is 68.7 Å². The van der Waals surface area contributed by atoms with E-state index in [1.54, 1.807) is 24.6 Å². The van der Waals surface area contributed by atoms with Crippen LogP contribution in [0.5, 0.6) is 0 Å². The molecule has 0 aliphatic carbocycles. The molecule has 192 valence electrons. The van der Waals surface area contributed by atoms with Crippen molar-refractivity contribution in [3.8, 4) is 23.0 Å². The Balaban J connectivity index is 1.71. The Morgan fingerprint density at radius 3 is 2.23 bits per heavy atom. The molecule has 0 N–H and O–H groups in total. The van der Waals surface area contributed by atoms with Crippen LogP contribution in [-0.4, -0.2) is 26.5 Å². The molecule has 0 radical (unpaired) electrons. The zero-order valence-electron chi connectivity index (χ0n) is 22.3. The summed E-state index contributed by atoms with van der Waals surface area (Å²) in [5.41, 5.74) is 6.84. The van der Waals surface area contributed by atoms with Crippen LogP contribution in [0, 0.1) is 25.2 Å². The van der Waals surface area contributed by atoms with E-state index in [1.807, 2.05) is 86.8 Å². The first-order valence-electron chi connectivity index (χ1n) is 12.8. The van der Waals surface area contributed by atoms with E-state index in [-0.39, 0.29) is 5.57 Å². The van der Waals surface area contributed by atoms with Crippen LogP contribution in [0.2, 0.25) is 0 Å². The van der Waals surface area contributed by atoms with Crippen LogP contribution in [-0.2, 0) is 9.59 Å². The Hall–Kier alpha value is -5.02. The van der Waals surface area contributed by atoms with Crippen LogP contribution >= 0.6 is 0 Å². The summed E-state index contributed by atoms with van der Waals surface area (Å²) in [6.45, 7) is 7.51. The minimum absolute atomic E-state index is 0.0348. The fourth-order valence-electron chi connectivity index (χ4n) is 4.89. The van der Waals surface area contributed by atoms with E-state index < -0.39 is 17.9 Å². The predicted octanol–water partition coefficient (Wildman–Crippen LogP) is 6.51. The van der Waals surface area contributed by atoms with Crippen molar-refractivity contribution in [2.24, 2.45) is 0 Å². The molecular weight excluding hydrogens is 484 g/mol. The van der Waals surface area contributed by atoms with Crippen molar-refractivity contribution in [1.82, 2.24) is 14.7 Å². The van der Waals surface area contributed by atoms with Gasteiger partial charge in [-0.15, -0.1) is 0 Å². The third-order valence-electron chi connectivity index (χ3n) is 7.15. The van der Waals surface area contributed by atoms with Gasteiger partial charge in [0.05, 0.1) is 11.7 Å². The number of imide groups is 1. The maximum Gasteiger partial charge on any atom is 0.272 e. The van der Waals surface area contributed by atoms with Gasteiger partial charge >= 0.3 is 0 Å². The summed E-state index contributed by atoms with van der Waals surface area (Å²) in [6, 6.07) is 26.8. The first kappa shape index (κ1) is 25.6. The van der Waals surface area contributed by atoms with Crippen molar-refractivity contribution < 1.29 is 9.59 Å². The number of carbonyl (C=O) groups excluding carboxylic acids is 2. The molecule has 1 aliphatic rings. The molecule has 0 saturated carbocycles. The number of aromatic nitrogens is 2. The lowest BCUT2D eigenvalue weighted by Gasteiger charge is -2.32. The summed E-state index contributed by atoms with van der Waals surface area (Å²) in [7, 11) is 0. The Labute approximate surface area is 228 Å². The van der Waals surface area contributed by atoms with Gasteiger partial charge in [0.1, 0.15) is 17.3 Å². The highest BCUT2D eigenvalue weighted by Crippen LogP contribution is 2.35. The Morgan fingerprint density at radius 1 is 0.897 bits per heavy atom.